The molecule has 0 radical (unpaired) electrons. The number of hydrogen-bond donors (Lipinski definition) is 1. The summed E-state index contributed by atoms with van der Waals surface area (Å²) < 4.78 is 4.96. The van der Waals surface area contributed by atoms with Crippen molar-refractivity contribution in [3.05, 3.63) is 0 Å². The zero-order chi connectivity index (χ0) is 10.3. The molecule has 0 unspecified atom stereocenters. The largest absolute Gasteiger partial charge is 0.462 e. The van der Waals surface area contributed by atoms with Crippen molar-refractivity contribution in [2.45, 2.75) is 40.2 Å². The number of esters is 1. The first-order valence-electron chi connectivity index (χ1n) is 4.92. The molecular formula is C10H21NO2. The van der Waals surface area contributed by atoms with Gasteiger partial charge in [0, 0.05) is 0 Å². The van der Waals surface area contributed by atoms with Crippen molar-refractivity contribution in [1.82, 2.24) is 5.32 Å². The molecule has 0 aliphatic carbocycles. The van der Waals surface area contributed by atoms with Gasteiger partial charge in [-0.2, -0.15) is 0 Å². The zero-order valence-corrected chi connectivity index (χ0v) is 9.09. The van der Waals surface area contributed by atoms with Gasteiger partial charge in [0.15, 0.2) is 0 Å². The Morgan fingerprint density at radius 1 is 1.31 bits per heavy atom. The molecule has 0 bridgehead atoms. The lowest BCUT2D eigenvalue weighted by Crippen LogP contribution is -2.27. The summed E-state index contributed by atoms with van der Waals surface area (Å²) >= 11 is 0. The van der Waals surface area contributed by atoms with Crippen LogP contribution in [-0.4, -0.2) is 25.2 Å². The first kappa shape index (κ1) is 12.4. The number of ether oxygens (including phenoxy) is 1. The average Bonchev–Trinajstić information content (AvgIpc) is 1.96. The van der Waals surface area contributed by atoms with Crippen molar-refractivity contribution in [1.29, 1.82) is 0 Å². The van der Waals surface area contributed by atoms with Crippen LogP contribution in [0.5, 0.6) is 0 Å². The van der Waals surface area contributed by atoms with E-state index in [9.17, 15) is 4.79 Å². The number of carbonyl (C=O) groups excluding carboxylic acids is 1. The highest BCUT2D eigenvalue weighted by Crippen LogP contribution is 1.96. The number of carbonyl (C=O) groups is 1. The Morgan fingerprint density at radius 3 is 2.38 bits per heavy atom. The van der Waals surface area contributed by atoms with E-state index in [2.05, 4.69) is 19.2 Å². The molecule has 0 aromatic heterocycles. The quantitative estimate of drug-likeness (QED) is 0.507. The lowest BCUT2D eigenvalue weighted by Gasteiger charge is -2.09. The van der Waals surface area contributed by atoms with Crippen LogP contribution in [0.2, 0.25) is 0 Å². The number of hydrogen-bond acceptors (Lipinski definition) is 3. The Hall–Kier alpha value is -0.570. The molecule has 13 heavy (non-hydrogen) atoms. The van der Waals surface area contributed by atoms with Crippen molar-refractivity contribution in [3.8, 4) is 0 Å². The van der Waals surface area contributed by atoms with Gasteiger partial charge in [0.05, 0.1) is 12.6 Å². The van der Waals surface area contributed by atoms with Crippen LogP contribution in [0.15, 0.2) is 0 Å². The minimum atomic E-state index is -0.168. The predicted molar refractivity (Wildman–Crippen MR) is 53.6 cm³/mol. The SMILES string of the molecule is CC(C)CCNCC(=O)OC(C)C. The molecule has 1 N–H and O–H groups in total. The lowest BCUT2D eigenvalue weighted by molar-refractivity contribution is -0.146. The van der Waals surface area contributed by atoms with Gasteiger partial charge in [0.25, 0.3) is 0 Å². The lowest BCUT2D eigenvalue weighted by atomic mass is 10.1. The average molecular weight is 187 g/mol. The van der Waals surface area contributed by atoms with E-state index in [1.165, 1.54) is 0 Å². The van der Waals surface area contributed by atoms with Gasteiger partial charge in [-0.3, -0.25) is 4.79 Å². The summed E-state index contributed by atoms with van der Waals surface area (Å²) in [7, 11) is 0. The van der Waals surface area contributed by atoms with Crippen LogP contribution in [0.4, 0.5) is 0 Å². The van der Waals surface area contributed by atoms with Crippen LogP contribution in [0.3, 0.4) is 0 Å². The van der Waals surface area contributed by atoms with Crippen LogP contribution in [0.1, 0.15) is 34.1 Å². The van der Waals surface area contributed by atoms with E-state index in [4.69, 9.17) is 4.74 Å². The molecule has 0 saturated carbocycles. The third-order valence-corrected chi connectivity index (χ3v) is 1.53. The minimum absolute atomic E-state index is 0.0144. The summed E-state index contributed by atoms with van der Waals surface area (Å²) in [5, 5.41) is 3.05. The van der Waals surface area contributed by atoms with Gasteiger partial charge in [-0.15, -0.1) is 0 Å². The van der Waals surface area contributed by atoms with Crippen molar-refractivity contribution in [2.24, 2.45) is 5.92 Å². The summed E-state index contributed by atoms with van der Waals surface area (Å²) in [6.07, 6.45) is 1.08. The third-order valence-electron chi connectivity index (χ3n) is 1.53. The van der Waals surface area contributed by atoms with Crippen LogP contribution < -0.4 is 5.32 Å². The summed E-state index contributed by atoms with van der Waals surface area (Å²) in [4.78, 5) is 11.0. The molecule has 0 saturated heterocycles. The fourth-order valence-electron chi connectivity index (χ4n) is 0.886. The molecule has 0 atom stereocenters. The highest BCUT2D eigenvalue weighted by molar-refractivity contribution is 5.71. The van der Waals surface area contributed by atoms with Crippen molar-refractivity contribution in [3.63, 3.8) is 0 Å². The van der Waals surface area contributed by atoms with E-state index in [1.807, 2.05) is 13.8 Å². The molecule has 0 aliphatic rings. The Balaban J connectivity index is 3.27. The molecule has 3 heteroatoms. The standard InChI is InChI=1S/C10H21NO2/c1-8(2)5-6-11-7-10(12)13-9(3)4/h8-9,11H,5-7H2,1-4H3. The summed E-state index contributed by atoms with van der Waals surface area (Å²) in [5.41, 5.74) is 0. The topological polar surface area (TPSA) is 38.3 Å². The van der Waals surface area contributed by atoms with E-state index in [-0.39, 0.29) is 12.1 Å². The van der Waals surface area contributed by atoms with Gasteiger partial charge in [-0.1, -0.05) is 13.8 Å². The summed E-state index contributed by atoms with van der Waals surface area (Å²) in [6.45, 7) is 9.23. The third kappa shape index (κ3) is 9.34. The van der Waals surface area contributed by atoms with Gasteiger partial charge >= 0.3 is 5.97 Å². The van der Waals surface area contributed by atoms with Crippen LogP contribution in [0.25, 0.3) is 0 Å². The van der Waals surface area contributed by atoms with E-state index in [1.54, 1.807) is 0 Å². The van der Waals surface area contributed by atoms with Gasteiger partial charge in [0.2, 0.25) is 0 Å². The minimum Gasteiger partial charge on any atom is -0.462 e. The fraction of sp³-hybridized carbons (Fsp3) is 0.900. The number of rotatable bonds is 6. The second-order valence-electron chi connectivity index (χ2n) is 3.90. The fourth-order valence-corrected chi connectivity index (χ4v) is 0.886. The van der Waals surface area contributed by atoms with Crippen molar-refractivity contribution < 1.29 is 9.53 Å². The molecule has 0 spiro atoms. The molecule has 0 amide bonds. The maximum Gasteiger partial charge on any atom is 0.320 e. The Bertz CT molecular complexity index is 144. The van der Waals surface area contributed by atoms with Crippen LogP contribution in [0, 0.1) is 5.92 Å². The smallest absolute Gasteiger partial charge is 0.320 e. The molecule has 78 valence electrons. The Labute approximate surface area is 80.8 Å². The predicted octanol–water partition coefficient (Wildman–Crippen LogP) is 1.57. The van der Waals surface area contributed by atoms with Gasteiger partial charge < -0.3 is 10.1 Å². The molecule has 0 fully saturated rings. The first-order valence-corrected chi connectivity index (χ1v) is 4.92. The van der Waals surface area contributed by atoms with Gasteiger partial charge in [-0.25, -0.2) is 0 Å². The second kappa shape index (κ2) is 6.89. The van der Waals surface area contributed by atoms with E-state index in [0.29, 0.717) is 12.5 Å². The highest BCUT2D eigenvalue weighted by Gasteiger charge is 2.03. The zero-order valence-electron chi connectivity index (χ0n) is 9.09. The van der Waals surface area contributed by atoms with Crippen molar-refractivity contribution >= 4 is 5.97 Å². The molecule has 0 heterocycles. The maximum absolute atomic E-state index is 11.0. The molecule has 3 nitrogen and oxygen atoms in total. The second-order valence-corrected chi connectivity index (χ2v) is 3.90. The molecular weight excluding hydrogens is 166 g/mol. The first-order chi connectivity index (χ1) is 6.02. The molecule has 0 aromatic rings. The van der Waals surface area contributed by atoms with Crippen LogP contribution in [-0.2, 0) is 9.53 Å². The molecule has 0 aliphatic heterocycles. The van der Waals surface area contributed by atoms with Crippen LogP contribution >= 0.6 is 0 Å². The highest BCUT2D eigenvalue weighted by atomic mass is 16.5. The normalized spacial score (nSPS) is 10.9. The van der Waals surface area contributed by atoms with E-state index in [0.717, 1.165) is 13.0 Å². The molecule has 0 rings (SSSR count). The monoisotopic (exact) mass is 187 g/mol. The van der Waals surface area contributed by atoms with Gasteiger partial charge in [-0.05, 0) is 32.7 Å². The van der Waals surface area contributed by atoms with Crippen molar-refractivity contribution in [2.75, 3.05) is 13.1 Å². The van der Waals surface area contributed by atoms with E-state index < -0.39 is 0 Å². The van der Waals surface area contributed by atoms with E-state index >= 15 is 0 Å². The Kier molecular flexibility index (Phi) is 6.59. The Morgan fingerprint density at radius 2 is 1.92 bits per heavy atom. The summed E-state index contributed by atoms with van der Waals surface area (Å²) in [5.74, 6) is 0.507. The molecule has 0 aromatic carbocycles. The number of nitrogens with one attached hydrogen (secondary N) is 1. The maximum atomic E-state index is 11.0. The summed E-state index contributed by atoms with van der Waals surface area (Å²) in [6, 6.07) is 0. The van der Waals surface area contributed by atoms with Gasteiger partial charge in [0.1, 0.15) is 0 Å².